The molecule has 0 unspecified atom stereocenters. The summed E-state index contributed by atoms with van der Waals surface area (Å²) in [5.74, 6) is 0.784. The van der Waals surface area contributed by atoms with Gasteiger partial charge in [-0.1, -0.05) is 30.3 Å². The third kappa shape index (κ3) is 11.5. The van der Waals surface area contributed by atoms with E-state index >= 15 is 0 Å². The zero-order chi connectivity index (χ0) is 22.9. The summed E-state index contributed by atoms with van der Waals surface area (Å²) in [4.78, 5) is 0.881. The van der Waals surface area contributed by atoms with E-state index in [-0.39, 0.29) is 13.1 Å². The Morgan fingerprint density at radius 3 is 1.87 bits per heavy atom. The molecule has 0 fully saturated rings. The van der Waals surface area contributed by atoms with Gasteiger partial charge in [-0.25, -0.2) is 0 Å². The van der Waals surface area contributed by atoms with E-state index in [1.807, 2.05) is 52.9 Å². The number of aromatic nitrogens is 4. The second-order valence-electron chi connectivity index (χ2n) is 6.37. The highest BCUT2D eigenvalue weighted by Gasteiger charge is 2.27. The SMILES string of the molecule is FC(F)(F)CCn1cc(I)cn1.FC(F)(F)CCn1cc(SCc2ccccc2)cn1. The van der Waals surface area contributed by atoms with Gasteiger partial charge in [-0.05, 0) is 28.2 Å². The lowest BCUT2D eigenvalue weighted by Gasteiger charge is -2.05. The number of halogens is 7. The predicted molar refractivity (Wildman–Crippen MR) is 115 cm³/mol. The number of aryl methyl sites for hydroxylation is 2. The van der Waals surface area contributed by atoms with Crippen molar-refractivity contribution < 1.29 is 26.3 Å². The van der Waals surface area contributed by atoms with Crippen molar-refractivity contribution in [2.75, 3.05) is 0 Å². The van der Waals surface area contributed by atoms with Crippen LogP contribution in [0.3, 0.4) is 0 Å². The van der Waals surface area contributed by atoms with Gasteiger partial charge >= 0.3 is 12.4 Å². The standard InChI is InChI=1S/C13H13F3N2S.C6H6F3IN2/c14-13(15,16)6-7-18-9-12(8-17-18)19-10-11-4-2-1-3-5-11;7-6(8,9)1-2-12-4-5(10)3-11-12/h1-5,8-9H,6-7,10H2;3-4H,1-2H2. The number of thioether (sulfide) groups is 1. The first kappa shape index (κ1) is 25.6. The Hall–Kier alpha value is -1.70. The summed E-state index contributed by atoms with van der Waals surface area (Å²) in [6, 6.07) is 9.90. The van der Waals surface area contributed by atoms with Crippen LogP contribution in [-0.4, -0.2) is 31.9 Å². The Bertz CT molecular complexity index is 908. The summed E-state index contributed by atoms with van der Waals surface area (Å²) in [5.41, 5.74) is 1.18. The molecule has 0 atom stereocenters. The van der Waals surface area contributed by atoms with Gasteiger partial charge in [0, 0.05) is 36.1 Å². The molecular formula is C19H19F6IN4S. The van der Waals surface area contributed by atoms with Crippen molar-refractivity contribution >= 4 is 34.4 Å². The topological polar surface area (TPSA) is 35.6 Å². The zero-order valence-electron chi connectivity index (χ0n) is 16.1. The zero-order valence-corrected chi connectivity index (χ0v) is 19.0. The quantitative estimate of drug-likeness (QED) is 0.182. The molecule has 0 radical (unpaired) electrons. The fraction of sp³-hybridized carbons (Fsp3) is 0.368. The van der Waals surface area contributed by atoms with Gasteiger partial charge in [-0.15, -0.1) is 11.8 Å². The van der Waals surface area contributed by atoms with E-state index in [1.165, 1.54) is 21.1 Å². The van der Waals surface area contributed by atoms with Crippen LogP contribution in [-0.2, 0) is 18.8 Å². The van der Waals surface area contributed by atoms with E-state index in [0.29, 0.717) is 0 Å². The lowest BCUT2D eigenvalue weighted by Crippen LogP contribution is -2.12. The predicted octanol–water partition coefficient (Wildman–Crippen LogP) is 6.57. The maximum absolute atomic E-state index is 12.1. The Morgan fingerprint density at radius 1 is 0.806 bits per heavy atom. The van der Waals surface area contributed by atoms with Crippen LogP contribution >= 0.6 is 34.4 Å². The number of nitrogens with zero attached hydrogens (tertiary/aromatic N) is 4. The minimum Gasteiger partial charge on any atom is -0.271 e. The summed E-state index contributed by atoms with van der Waals surface area (Å²) < 4.78 is 74.8. The first-order valence-corrected chi connectivity index (χ1v) is 11.1. The number of hydrogen-bond acceptors (Lipinski definition) is 3. The molecule has 0 N–H and O–H groups in total. The molecule has 3 rings (SSSR count). The third-order valence-electron chi connectivity index (χ3n) is 3.71. The highest BCUT2D eigenvalue weighted by atomic mass is 127. The monoisotopic (exact) mass is 576 g/mol. The van der Waals surface area contributed by atoms with Gasteiger partial charge in [0.2, 0.25) is 0 Å². The van der Waals surface area contributed by atoms with Crippen molar-refractivity contribution in [3.05, 3.63) is 64.3 Å². The van der Waals surface area contributed by atoms with Gasteiger partial charge in [0.1, 0.15) is 0 Å². The molecule has 4 nitrogen and oxygen atoms in total. The summed E-state index contributed by atoms with van der Waals surface area (Å²) in [5, 5.41) is 7.66. The Balaban J connectivity index is 0.000000245. The van der Waals surface area contributed by atoms with Crippen LogP contribution in [0.5, 0.6) is 0 Å². The molecule has 0 amide bonds. The van der Waals surface area contributed by atoms with E-state index in [0.717, 1.165) is 14.2 Å². The average molecular weight is 576 g/mol. The van der Waals surface area contributed by atoms with E-state index in [1.54, 1.807) is 30.4 Å². The summed E-state index contributed by atoms with van der Waals surface area (Å²) in [6.45, 7) is -0.234. The molecule has 0 aliphatic heterocycles. The molecule has 0 aliphatic rings. The highest BCUT2D eigenvalue weighted by molar-refractivity contribution is 14.1. The summed E-state index contributed by atoms with van der Waals surface area (Å²) in [6.07, 6.45) is -3.56. The molecule has 0 saturated carbocycles. The van der Waals surface area contributed by atoms with Gasteiger partial charge in [-0.3, -0.25) is 9.36 Å². The Labute approximate surface area is 193 Å². The van der Waals surface area contributed by atoms with E-state index in [4.69, 9.17) is 0 Å². The summed E-state index contributed by atoms with van der Waals surface area (Å²) in [7, 11) is 0. The van der Waals surface area contributed by atoms with Gasteiger partial charge in [0.25, 0.3) is 0 Å². The van der Waals surface area contributed by atoms with Crippen molar-refractivity contribution in [3.8, 4) is 0 Å². The van der Waals surface area contributed by atoms with Crippen molar-refractivity contribution in [1.29, 1.82) is 0 Å². The van der Waals surface area contributed by atoms with Gasteiger partial charge in [0.15, 0.2) is 0 Å². The third-order valence-corrected chi connectivity index (χ3v) is 5.29. The normalized spacial score (nSPS) is 11.8. The van der Waals surface area contributed by atoms with E-state index in [2.05, 4.69) is 10.2 Å². The van der Waals surface area contributed by atoms with Crippen LogP contribution in [0.1, 0.15) is 18.4 Å². The number of hydrogen-bond donors (Lipinski definition) is 0. The molecular weight excluding hydrogens is 557 g/mol. The number of alkyl halides is 6. The lowest BCUT2D eigenvalue weighted by atomic mass is 10.2. The van der Waals surface area contributed by atoms with Crippen LogP contribution < -0.4 is 0 Å². The highest BCUT2D eigenvalue weighted by Crippen LogP contribution is 2.24. The second-order valence-corrected chi connectivity index (χ2v) is 8.66. The van der Waals surface area contributed by atoms with Gasteiger partial charge in [0.05, 0.1) is 28.8 Å². The Morgan fingerprint density at radius 2 is 1.35 bits per heavy atom. The first-order chi connectivity index (χ1) is 14.5. The van der Waals surface area contributed by atoms with Crippen molar-refractivity contribution in [2.24, 2.45) is 0 Å². The molecule has 170 valence electrons. The fourth-order valence-electron chi connectivity index (χ4n) is 2.23. The number of benzene rings is 1. The largest absolute Gasteiger partial charge is 0.390 e. The molecule has 12 heteroatoms. The van der Waals surface area contributed by atoms with Crippen molar-refractivity contribution in [2.45, 2.75) is 48.9 Å². The van der Waals surface area contributed by atoms with Gasteiger partial charge < -0.3 is 0 Å². The molecule has 31 heavy (non-hydrogen) atoms. The molecule has 0 spiro atoms. The molecule has 1 aromatic carbocycles. The first-order valence-electron chi connectivity index (χ1n) is 9.01. The average Bonchev–Trinajstić information content (AvgIpc) is 3.32. The maximum Gasteiger partial charge on any atom is 0.390 e. The molecule has 0 bridgehead atoms. The lowest BCUT2D eigenvalue weighted by molar-refractivity contribution is -0.138. The van der Waals surface area contributed by atoms with E-state index in [9.17, 15) is 26.3 Å². The van der Waals surface area contributed by atoms with Crippen LogP contribution in [0.2, 0.25) is 0 Å². The summed E-state index contributed by atoms with van der Waals surface area (Å²) >= 11 is 3.56. The van der Waals surface area contributed by atoms with E-state index < -0.39 is 25.2 Å². The fourth-order valence-corrected chi connectivity index (χ4v) is 3.52. The minimum atomic E-state index is -4.14. The van der Waals surface area contributed by atoms with Crippen LogP contribution in [0.4, 0.5) is 26.3 Å². The van der Waals surface area contributed by atoms with Crippen molar-refractivity contribution in [3.63, 3.8) is 0 Å². The second kappa shape index (κ2) is 11.8. The Kier molecular flexibility index (Phi) is 9.72. The minimum absolute atomic E-state index is 0.105. The molecule has 3 aromatic rings. The van der Waals surface area contributed by atoms with Crippen molar-refractivity contribution in [1.82, 2.24) is 19.6 Å². The molecule has 0 aliphatic carbocycles. The van der Waals surface area contributed by atoms with Crippen LogP contribution in [0, 0.1) is 3.57 Å². The number of rotatable bonds is 7. The molecule has 2 heterocycles. The maximum atomic E-state index is 12.1. The van der Waals surface area contributed by atoms with Gasteiger partial charge in [-0.2, -0.15) is 36.5 Å². The van der Waals surface area contributed by atoms with Crippen LogP contribution in [0.25, 0.3) is 0 Å². The van der Waals surface area contributed by atoms with Crippen LogP contribution in [0.15, 0.2) is 60.0 Å². The molecule has 0 saturated heterocycles. The smallest absolute Gasteiger partial charge is 0.271 e. The molecule has 2 aromatic heterocycles.